The Morgan fingerprint density at radius 1 is 1.21 bits per heavy atom. The molecule has 82 valence electrons. The van der Waals surface area contributed by atoms with Crippen LogP contribution in [0.4, 0.5) is 0 Å². The molecule has 1 amide bonds. The molecule has 1 saturated carbocycles. The number of hydrogen-bond acceptors (Lipinski definition) is 1. The molecule has 3 heteroatoms. The van der Waals surface area contributed by atoms with Crippen molar-refractivity contribution < 1.29 is 4.79 Å². The molecule has 2 nitrogen and oxygen atoms in total. The average Bonchev–Trinajstić information content (AvgIpc) is 2.43. The second-order valence-corrected chi connectivity index (χ2v) is 5.18. The van der Waals surface area contributed by atoms with Crippen LogP contribution < -0.4 is 5.32 Å². The molecule has 1 rings (SSSR count). The van der Waals surface area contributed by atoms with Crippen LogP contribution in [0.3, 0.4) is 0 Å². The fourth-order valence-electron chi connectivity index (χ4n) is 2.09. The maximum atomic E-state index is 11.5. The molecule has 0 aromatic heterocycles. The van der Waals surface area contributed by atoms with Crippen molar-refractivity contribution in [2.75, 3.05) is 11.0 Å². The van der Waals surface area contributed by atoms with Crippen LogP contribution in [0.25, 0.3) is 0 Å². The molecule has 0 aliphatic heterocycles. The number of alkyl halides is 1. The molecular weight excluding hydrogens is 289 g/mol. The van der Waals surface area contributed by atoms with E-state index in [1.54, 1.807) is 0 Å². The first-order valence-corrected chi connectivity index (χ1v) is 7.18. The summed E-state index contributed by atoms with van der Waals surface area (Å²) in [7, 11) is 0. The fraction of sp³-hybridized carbons (Fsp3) is 0.909. The van der Waals surface area contributed by atoms with Gasteiger partial charge in [0.1, 0.15) is 0 Å². The lowest BCUT2D eigenvalue weighted by Crippen LogP contribution is -2.27. The molecule has 14 heavy (non-hydrogen) atoms. The first kappa shape index (κ1) is 12.3. The van der Waals surface area contributed by atoms with Gasteiger partial charge in [-0.15, -0.1) is 0 Å². The number of rotatable bonds is 4. The lowest BCUT2D eigenvalue weighted by atomic mass is 9.96. The minimum Gasteiger partial charge on any atom is -0.355 e. The van der Waals surface area contributed by atoms with Crippen LogP contribution in [0.5, 0.6) is 0 Å². The molecule has 0 radical (unpaired) electrons. The van der Waals surface area contributed by atoms with Crippen molar-refractivity contribution in [3.05, 3.63) is 0 Å². The quantitative estimate of drug-likeness (QED) is 0.483. The Morgan fingerprint density at radius 2 is 1.86 bits per heavy atom. The standard InChI is InChI=1S/C11H20INO/c12-7-8-13-11(14)9-10-5-3-1-2-4-6-10/h10H,1-9H2,(H,13,14). The van der Waals surface area contributed by atoms with Crippen LogP contribution in [-0.4, -0.2) is 16.9 Å². The van der Waals surface area contributed by atoms with E-state index in [0.717, 1.165) is 17.4 Å². The Bertz CT molecular complexity index is 165. The average molecular weight is 309 g/mol. The maximum absolute atomic E-state index is 11.5. The normalized spacial score (nSPS) is 18.9. The van der Waals surface area contributed by atoms with Crippen LogP contribution in [-0.2, 0) is 4.79 Å². The minimum atomic E-state index is 0.258. The van der Waals surface area contributed by atoms with Gasteiger partial charge in [0.15, 0.2) is 0 Å². The number of carbonyl (C=O) groups is 1. The largest absolute Gasteiger partial charge is 0.355 e. The SMILES string of the molecule is O=C(CC1CCCCCC1)NCCI. The summed E-state index contributed by atoms with van der Waals surface area (Å²) >= 11 is 2.28. The predicted octanol–water partition coefficient (Wildman–Crippen LogP) is 2.90. The van der Waals surface area contributed by atoms with E-state index in [-0.39, 0.29) is 5.91 Å². The summed E-state index contributed by atoms with van der Waals surface area (Å²) in [6.45, 7) is 0.826. The summed E-state index contributed by atoms with van der Waals surface area (Å²) in [4.78, 5) is 11.5. The van der Waals surface area contributed by atoms with E-state index in [9.17, 15) is 4.79 Å². The zero-order valence-corrected chi connectivity index (χ0v) is 10.9. The fourth-order valence-corrected chi connectivity index (χ4v) is 2.36. The van der Waals surface area contributed by atoms with Crippen molar-refractivity contribution in [3.8, 4) is 0 Å². The summed E-state index contributed by atoms with van der Waals surface area (Å²) in [5, 5.41) is 2.95. The van der Waals surface area contributed by atoms with Gasteiger partial charge in [0, 0.05) is 17.4 Å². The van der Waals surface area contributed by atoms with Crippen molar-refractivity contribution in [3.63, 3.8) is 0 Å². The third-order valence-corrected chi connectivity index (χ3v) is 3.40. The second-order valence-electron chi connectivity index (χ2n) is 4.10. The summed E-state index contributed by atoms with van der Waals surface area (Å²) in [6, 6.07) is 0. The molecule has 0 aromatic rings. The molecule has 1 fully saturated rings. The topological polar surface area (TPSA) is 29.1 Å². The number of halogens is 1. The van der Waals surface area contributed by atoms with Gasteiger partial charge in [-0.1, -0.05) is 48.3 Å². The van der Waals surface area contributed by atoms with Crippen molar-refractivity contribution in [1.29, 1.82) is 0 Å². The molecular formula is C11H20INO. The Hall–Kier alpha value is 0.200. The predicted molar refractivity (Wildman–Crippen MR) is 67.7 cm³/mol. The zero-order valence-electron chi connectivity index (χ0n) is 8.73. The third-order valence-electron chi connectivity index (χ3n) is 2.87. The molecule has 1 N–H and O–H groups in total. The summed E-state index contributed by atoms with van der Waals surface area (Å²) in [6.07, 6.45) is 8.66. The summed E-state index contributed by atoms with van der Waals surface area (Å²) < 4.78 is 1.01. The smallest absolute Gasteiger partial charge is 0.220 e. The van der Waals surface area contributed by atoms with Crippen LogP contribution >= 0.6 is 22.6 Å². The van der Waals surface area contributed by atoms with Gasteiger partial charge in [0.05, 0.1) is 0 Å². The highest BCUT2D eigenvalue weighted by Crippen LogP contribution is 2.25. The molecule has 0 atom stereocenters. The molecule has 1 aliphatic rings. The second kappa shape index (κ2) is 7.49. The van der Waals surface area contributed by atoms with Crippen molar-refractivity contribution in [2.45, 2.75) is 44.9 Å². The molecule has 0 saturated heterocycles. The van der Waals surface area contributed by atoms with Gasteiger partial charge in [0.2, 0.25) is 5.91 Å². The molecule has 0 spiro atoms. The van der Waals surface area contributed by atoms with E-state index in [4.69, 9.17) is 0 Å². The van der Waals surface area contributed by atoms with Crippen molar-refractivity contribution in [2.24, 2.45) is 5.92 Å². The Morgan fingerprint density at radius 3 is 2.43 bits per heavy atom. The van der Waals surface area contributed by atoms with Crippen LogP contribution in [0.15, 0.2) is 0 Å². The zero-order chi connectivity index (χ0) is 10.2. The first-order valence-electron chi connectivity index (χ1n) is 5.65. The number of hydrogen-bond donors (Lipinski definition) is 1. The van der Waals surface area contributed by atoms with Crippen LogP contribution in [0, 0.1) is 5.92 Å². The Labute approximate surface area is 100 Å². The van der Waals surface area contributed by atoms with Gasteiger partial charge in [-0.25, -0.2) is 0 Å². The molecule has 1 aliphatic carbocycles. The summed E-state index contributed by atoms with van der Waals surface area (Å²) in [5.41, 5.74) is 0. The number of amides is 1. The van der Waals surface area contributed by atoms with E-state index < -0.39 is 0 Å². The Kier molecular flexibility index (Phi) is 6.56. The highest BCUT2D eigenvalue weighted by atomic mass is 127. The van der Waals surface area contributed by atoms with Gasteiger partial charge < -0.3 is 5.32 Å². The number of nitrogens with one attached hydrogen (secondary N) is 1. The lowest BCUT2D eigenvalue weighted by molar-refractivity contribution is -0.121. The molecule has 0 bridgehead atoms. The van der Waals surface area contributed by atoms with E-state index in [0.29, 0.717) is 5.92 Å². The van der Waals surface area contributed by atoms with Gasteiger partial charge in [-0.2, -0.15) is 0 Å². The van der Waals surface area contributed by atoms with Crippen molar-refractivity contribution in [1.82, 2.24) is 5.32 Å². The number of carbonyl (C=O) groups excluding carboxylic acids is 1. The first-order chi connectivity index (χ1) is 6.83. The van der Waals surface area contributed by atoms with Gasteiger partial charge in [-0.3, -0.25) is 4.79 Å². The molecule has 0 heterocycles. The third kappa shape index (κ3) is 5.17. The minimum absolute atomic E-state index is 0.258. The van der Waals surface area contributed by atoms with E-state index in [1.165, 1.54) is 38.5 Å². The highest BCUT2D eigenvalue weighted by Gasteiger charge is 2.15. The monoisotopic (exact) mass is 309 g/mol. The molecule has 0 unspecified atom stereocenters. The van der Waals surface area contributed by atoms with Crippen LogP contribution in [0.2, 0.25) is 0 Å². The Balaban J connectivity index is 2.17. The van der Waals surface area contributed by atoms with Gasteiger partial charge in [-0.05, 0) is 18.8 Å². The summed E-state index contributed by atoms with van der Waals surface area (Å²) in [5.74, 6) is 0.917. The lowest BCUT2D eigenvalue weighted by Gasteiger charge is -2.12. The highest BCUT2D eigenvalue weighted by molar-refractivity contribution is 14.1. The van der Waals surface area contributed by atoms with Gasteiger partial charge in [0.25, 0.3) is 0 Å². The van der Waals surface area contributed by atoms with E-state index in [2.05, 4.69) is 27.9 Å². The van der Waals surface area contributed by atoms with E-state index in [1.807, 2.05) is 0 Å². The maximum Gasteiger partial charge on any atom is 0.220 e. The van der Waals surface area contributed by atoms with E-state index >= 15 is 0 Å². The van der Waals surface area contributed by atoms with Gasteiger partial charge >= 0.3 is 0 Å². The van der Waals surface area contributed by atoms with Crippen molar-refractivity contribution >= 4 is 28.5 Å². The molecule has 0 aromatic carbocycles. The van der Waals surface area contributed by atoms with Crippen LogP contribution in [0.1, 0.15) is 44.9 Å².